The Kier molecular flexibility index (Phi) is 6.77. The minimum atomic E-state index is -1.01. The number of rotatable bonds is 7. The zero-order valence-electron chi connectivity index (χ0n) is 21.3. The fourth-order valence-corrected chi connectivity index (χ4v) is 5.70. The van der Waals surface area contributed by atoms with Gasteiger partial charge in [-0.05, 0) is 61.9 Å². The summed E-state index contributed by atoms with van der Waals surface area (Å²) >= 11 is 1.30. The molecular formula is C29H26N2O6S. The van der Waals surface area contributed by atoms with Crippen LogP contribution in [0.5, 0.6) is 17.2 Å². The number of carbonyl (C=O) groups is 2. The van der Waals surface area contributed by atoms with Gasteiger partial charge in [0.15, 0.2) is 16.6 Å². The van der Waals surface area contributed by atoms with Gasteiger partial charge in [-0.15, -0.1) is 0 Å². The van der Waals surface area contributed by atoms with Gasteiger partial charge in [0.2, 0.25) is 0 Å². The standard InChI is InChI=1S/C29H26N2O6S/c1-5-37-18-12-10-17(11-13-18)25(32)23-24(19-7-6-8-21(35-3)27(19)36-4)31(28(34)26(23)33)29-30-20-14-9-16(2)15-22(20)38-29/h6-15,24,32H,5H2,1-4H3/t24-/m0/s1. The molecule has 1 N–H and O–H groups in total. The molecular weight excluding hydrogens is 504 g/mol. The molecule has 1 aliphatic rings. The fourth-order valence-electron chi connectivity index (χ4n) is 4.61. The Bertz CT molecular complexity index is 1570. The summed E-state index contributed by atoms with van der Waals surface area (Å²) in [6.07, 6.45) is 0. The number of aliphatic hydroxyl groups is 1. The van der Waals surface area contributed by atoms with E-state index in [4.69, 9.17) is 14.2 Å². The normalized spacial score (nSPS) is 16.7. The maximum Gasteiger partial charge on any atom is 0.301 e. The maximum absolute atomic E-state index is 13.6. The van der Waals surface area contributed by atoms with E-state index in [-0.39, 0.29) is 11.3 Å². The second kappa shape index (κ2) is 10.2. The van der Waals surface area contributed by atoms with E-state index in [1.54, 1.807) is 42.5 Å². The lowest BCUT2D eigenvalue weighted by atomic mass is 9.94. The van der Waals surface area contributed by atoms with Gasteiger partial charge in [-0.25, -0.2) is 4.98 Å². The van der Waals surface area contributed by atoms with Crippen LogP contribution < -0.4 is 19.1 Å². The van der Waals surface area contributed by atoms with Crippen molar-refractivity contribution in [3.8, 4) is 17.2 Å². The Morgan fingerprint density at radius 1 is 1.05 bits per heavy atom. The summed E-state index contributed by atoms with van der Waals surface area (Å²) in [5, 5.41) is 11.8. The average Bonchev–Trinajstić information content (AvgIpc) is 3.45. The van der Waals surface area contributed by atoms with Gasteiger partial charge >= 0.3 is 5.91 Å². The number of ether oxygens (including phenoxy) is 3. The second-order valence-corrected chi connectivity index (χ2v) is 9.69. The van der Waals surface area contributed by atoms with E-state index in [1.165, 1.54) is 30.5 Å². The highest BCUT2D eigenvalue weighted by Gasteiger charge is 2.49. The molecule has 0 spiro atoms. The van der Waals surface area contributed by atoms with Gasteiger partial charge < -0.3 is 19.3 Å². The van der Waals surface area contributed by atoms with Crippen molar-refractivity contribution >= 4 is 44.1 Å². The van der Waals surface area contributed by atoms with Gasteiger partial charge in [0.1, 0.15) is 17.6 Å². The van der Waals surface area contributed by atoms with Gasteiger partial charge in [-0.1, -0.05) is 29.5 Å². The molecule has 1 aromatic heterocycles. The molecule has 1 saturated heterocycles. The molecule has 9 heteroatoms. The molecule has 8 nitrogen and oxygen atoms in total. The Hall–Kier alpha value is -4.37. The van der Waals surface area contributed by atoms with Crippen LogP contribution in [0.15, 0.2) is 66.2 Å². The number of anilines is 1. The topological polar surface area (TPSA) is 98.2 Å². The van der Waals surface area contributed by atoms with Gasteiger partial charge in [0.25, 0.3) is 5.78 Å². The number of fused-ring (bicyclic) bond motifs is 1. The van der Waals surface area contributed by atoms with Crippen LogP contribution in [0.3, 0.4) is 0 Å². The number of aromatic nitrogens is 1. The van der Waals surface area contributed by atoms with Crippen LogP contribution in [0, 0.1) is 6.92 Å². The highest BCUT2D eigenvalue weighted by Crippen LogP contribution is 2.48. The number of para-hydroxylation sites is 1. The number of benzene rings is 3. The van der Waals surface area contributed by atoms with Crippen molar-refractivity contribution in [2.24, 2.45) is 0 Å². The van der Waals surface area contributed by atoms with E-state index in [1.807, 2.05) is 32.0 Å². The molecule has 1 aliphatic heterocycles. The number of nitrogens with zero attached hydrogens (tertiary/aromatic N) is 2. The van der Waals surface area contributed by atoms with E-state index in [0.29, 0.717) is 45.6 Å². The molecule has 0 bridgehead atoms. The molecule has 0 unspecified atom stereocenters. The van der Waals surface area contributed by atoms with Gasteiger partial charge in [0.05, 0.1) is 36.6 Å². The molecule has 1 amide bonds. The first-order valence-corrected chi connectivity index (χ1v) is 12.8. The van der Waals surface area contributed by atoms with Gasteiger partial charge in [-0.2, -0.15) is 0 Å². The minimum Gasteiger partial charge on any atom is -0.507 e. The summed E-state index contributed by atoms with van der Waals surface area (Å²) in [5.74, 6) is -0.510. The quantitative estimate of drug-likeness (QED) is 0.187. The van der Waals surface area contributed by atoms with E-state index >= 15 is 0 Å². The largest absolute Gasteiger partial charge is 0.507 e. The summed E-state index contributed by atoms with van der Waals surface area (Å²) < 4.78 is 17.5. The lowest BCUT2D eigenvalue weighted by molar-refractivity contribution is -0.132. The number of aliphatic hydroxyl groups excluding tert-OH is 1. The highest BCUT2D eigenvalue weighted by atomic mass is 32.1. The third kappa shape index (κ3) is 4.24. The third-order valence-corrected chi connectivity index (χ3v) is 7.37. The van der Waals surface area contributed by atoms with E-state index in [0.717, 1.165) is 10.3 Å². The highest BCUT2D eigenvalue weighted by molar-refractivity contribution is 7.22. The van der Waals surface area contributed by atoms with Crippen LogP contribution in [0.1, 0.15) is 29.7 Å². The smallest absolute Gasteiger partial charge is 0.301 e. The molecule has 3 aromatic carbocycles. The first-order valence-electron chi connectivity index (χ1n) is 12.0. The predicted molar refractivity (Wildman–Crippen MR) is 146 cm³/mol. The first-order chi connectivity index (χ1) is 18.4. The first kappa shape index (κ1) is 25.3. The molecule has 2 heterocycles. The summed E-state index contributed by atoms with van der Waals surface area (Å²) in [4.78, 5) is 33.1. The zero-order chi connectivity index (χ0) is 27.0. The van der Waals surface area contributed by atoms with Gasteiger partial charge in [-0.3, -0.25) is 14.5 Å². The number of thiazole rings is 1. The van der Waals surface area contributed by atoms with Crippen molar-refractivity contribution in [3.63, 3.8) is 0 Å². The summed E-state index contributed by atoms with van der Waals surface area (Å²) in [6, 6.07) is 16.7. The van der Waals surface area contributed by atoms with Crippen molar-refractivity contribution in [3.05, 3.63) is 82.9 Å². The Morgan fingerprint density at radius 3 is 2.50 bits per heavy atom. The third-order valence-electron chi connectivity index (χ3n) is 6.35. The number of amides is 1. The number of methoxy groups -OCH3 is 2. The molecule has 194 valence electrons. The maximum atomic E-state index is 13.6. The molecule has 5 rings (SSSR count). The molecule has 0 aliphatic carbocycles. The number of aryl methyl sites for hydroxylation is 1. The Balaban J connectivity index is 1.74. The molecule has 0 radical (unpaired) electrons. The van der Waals surface area contributed by atoms with Crippen LogP contribution in [0.4, 0.5) is 5.13 Å². The second-order valence-electron chi connectivity index (χ2n) is 8.68. The van der Waals surface area contributed by atoms with Crippen LogP contribution >= 0.6 is 11.3 Å². The lowest BCUT2D eigenvalue weighted by Gasteiger charge is -2.25. The van der Waals surface area contributed by atoms with Crippen molar-refractivity contribution in [1.82, 2.24) is 4.98 Å². The van der Waals surface area contributed by atoms with Crippen molar-refractivity contribution < 1.29 is 28.9 Å². The van der Waals surface area contributed by atoms with Crippen molar-refractivity contribution in [1.29, 1.82) is 0 Å². The van der Waals surface area contributed by atoms with Crippen molar-refractivity contribution in [2.45, 2.75) is 19.9 Å². The average molecular weight is 531 g/mol. The van der Waals surface area contributed by atoms with E-state index < -0.39 is 17.7 Å². The van der Waals surface area contributed by atoms with Crippen LogP contribution in [0.25, 0.3) is 16.0 Å². The summed E-state index contributed by atoms with van der Waals surface area (Å²) in [6.45, 7) is 4.34. The minimum absolute atomic E-state index is 0.0684. The Labute approximate surface area is 223 Å². The molecule has 1 atom stereocenters. The molecule has 0 saturated carbocycles. The van der Waals surface area contributed by atoms with Crippen LogP contribution in [-0.2, 0) is 9.59 Å². The lowest BCUT2D eigenvalue weighted by Crippen LogP contribution is -2.29. The molecule has 38 heavy (non-hydrogen) atoms. The fraction of sp³-hybridized carbons (Fsp3) is 0.207. The molecule has 1 fully saturated rings. The van der Waals surface area contributed by atoms with E-state index in [9.17, 15) is 14.7 Å². The number of hydrogen-bond donors (Lipinski definition) is 1. The SMILES string of the molecule is CCOc1ccc(C(O)=C2C(=O)C(=O)N(c3nc4ccc(C)cc4s3)[C@H]2c2cccc(OC)c2OC)cc1. The number of Topliss-reactive ketones (excluding diaryl/α,β-unsaturated/α-hetero) is 1. The predicted octanol–water partition coefficient (Wildman–Crippen LogP) is 5.65. The number of hydrogen-bond acceptors (Lipinski definition) is 8. The van der Waals surface area contributed by atoms with E-state index in [2.05, 4.69) is 4.98 Å². The van der Waals surface area contributed by atoms with Crippen molar-refractivity contribution in [2.75, 3.05) is 25.7 Å². The summed E-state index contributed by atoms with van der Waals surface area (Å²) in [7, 11) is 2.99. The Morgan fingerprint density at radius 2 is 1.82 bits per heavy atom. The number of ketones is 1. The number of carbonyl (C=O) groups excluding carboxylic acids is 2. The molecule has 4 aromatic rings. The van der Waals surface area contributed by atoms with Gasteiger partial charge in [0, 0.05) is 11.1 Å². The summed E-state index contributed by atoms with van der Waals surface area (Å²) in [5.41, 5.74) is 2.55. The monoisotopic (exact) mass is 530 g/mol. The van der Waals surface area contributed by atoms with Crippen LogP contribution in [0.2, 0.25) is 0 Å². The van der Waals surface area contributed by atoms with Crippen LogP contribution in [-0.4, -0.2) is 42.6 Å². The zero-order valence-corrected chi connectivity index (χ0v) is 22.2.